The topological polar surface area (TPSA) is 159 Å². The van der Waals surface area contributed by atoms with Crippen LogP contribution in [0.2, 0.25) is 0 Å². The van der Waals surface area contributed by atoms with Gasteiger partial charge in [0.05, 0.1) is 17.1 Å². The summed E-state index contributed by atoms with van der Waals surface area (Å²) in [5.74, 6) is 0. The SMILES string of the molecule is Cc1ccc(S(=O)(=O)[C@@]2(n3cc(/C=C/Br)c(=O)[nH]c3=O)O[C@H](CO)[C@@H](O)[C@H]2O)cc1. The van der Waals surface area contributed by atoms with E-state index in [1.54, 1.807) is 6.92 Å². The number of aryl methyl sites for hydroxylation is 1. The molecule has 1 aromatic heterocycles. The first kappa shape index (κ1) is 22.6. The third-order valence-electron chi connectivity index (χ3n) is 4.84. The van der Waals surface area contributed by atoms with E-state index >= 15 is 0 Å². The van der Waals surface area contributed by atoms with Crippen LogP contribution in [0.25, 0.3) is 6.08 Å². The molecule has 1 aliphatic heterocycles. The van der Waals surface area contributed by atoms with Gasteiger partial charge in [-0.05, 0) is 30.1 Å². The molecular formula is C18H19BrN2O8S. The molecule has 0 amide bonds. The Morgan fingerprint density at radius 1 is 1.27 bits per heavy atom. The summed E-state index contributed by atoms with van der Waals surface area (Å²) in [6, 6.07) is 5.54. The molecule has 4 atom stereocenters. The molecule has 1 fully saturated rings. The molecule has 0 unspecified atom stereocenters. The maximum atomic E-state index is 13.6. The van der Waals surface area contributed by atoms with E-state index in [9.17, 15) is 33.3 Å². The molecule has 0 saturated carbocycles. The summed E-state index contributed by atoms with van der Waals surface area (Å²) in [6.45, 7) is 0.916. The summed E-state index contributed by atoms with van der Waals surface area (Å²) in [6.07, 6.45) is -3.34. The number of hydrogen-bond acceptors (Lipinski definition) is 8. The minimum atomic E-state index is -4.70. The average molecular weight is 503 g/mol. The second kappa shape index (κ2) is 8.21. The van der Waals surface area contributed by atoms with Crippen molar-refractivity contribution in [2.45, 2.75) is 35.2 Å². The van der Waals surface area contributed by atoms with Crippen molar-refractivity contribution in [1.82, 2.24) is 9.55 Å². The highest BCUT2D eigenvalue weighted by Crippen LogP contribution is 2.42. The summed E-state index contributed by atoms with van der Waals surface area (Å²) >= 11 is 2.99. The third-order valence-corrected chi connectivity index (χ3v) is 7.30. The molecule has 0 aliphatic carbocycles. The van der Waals surface area contributed by atoms with Crippen LogP contribution in [0.5, 0.6) is 0 Å². The fourth-order valence-electron chi connectivity index (χ4n) is 3.26. The van der Waals surface area contributed by atoms with Gasteiger partial charge >= 0.3 is 5.69 Å². The molecule has 10 nitrogen and oxygen atoms in total. The van der Waals surface area contributed by atoms with Crippen molar-refractivity contribution >= 4 is 31.8 Å². The molecule has 3 rings (SSSR count). The normalized spacial score (nSPS) is 27.0. The molecule has 1 aromatic carbocycles. The second-order valence-corrected chi connectivity index (χ2v) is 9.32. The van der Waals surface area contributed by atoms with Gasteiger partial charge in [-0.1, -0.05) is 33.6 Å². The van der Waals surface area contributed by atoms with Gasteiger partial charge in [0.2, 0.25) is 9.84 Å². The van der Waals surface area contributed by atoms with Crippen LogP contribution in [0.3, 0.4) is 0 Å². The van der Waals surface area contributed by atoms with Crippen molar-refractivity contribution < 1.29 is 28.5 Å². The van der Waals surface area contributed by atoms with E-state index in [-0.39, 0.29) is 10.5 Å². The van der Waals surface area contributed by atoms with E-state index in [0.29, 0.717) is 4.57 Å². The van der Waals surface area contributed by atoms with Gasteiger partial charge < -0.3 is 20.1 Å². The van der Waals surface area contributed by atoms with Gasteiger partial charge in [-0.15, -0.1) is 0 Å². The maximum Gasteiger partial charge on any atom is 0.331 e. The van der Waals surface area contributed by atoms with E-state index in [1.165, 1.54) is 35.3 Å². The highest BCUT2D eigenvalue weighted by molar-refractivity contribution is 9.11. The van der Waals surface area contributed by atoms with Gasteiger partial charge in [-0.2, -0.15) is 0 Å². The summed E-state index contributed by atoms with van der Waals surface area (Å²) in [5.41, 5.74) is -1.35. The number of H-pyrrole nitrogens is 1. The molecular weight excluding hydrogens is 484 g/mol. The molecule has 30 heavy (non-hydrogen) atoms. The number of benzene rings is 1. The third kappa shape index (κ3) is 3.39. The number of halogens is 1. The van der Waals surface area contributed by atoms with Gasteiger partial charge in [0.1, 0.15) is 18.3 Å². The number of aliphatic hydroxyl groups is 3. The Bertz CT molecular complexity index is 1190. The number of aliphatic hydroxyl groups excluding tert-OH is 3. The molecule has 2 aromatic rings. The molecule has 1 aliphatic rings. The molecule has 4 N–H and O–H groups in total. The van der Waals surface area contributed by atoms with Crippen LogP contribution >= 0.6 is 15.9 Å². The quantitative estimate of drug-likeness (QED) is 0.422. The maximum absolute atomic E-state index is 13.6. The van der Waals surface area contributed by atoms with Crippen LogP contribution in [0.4, 0.5) is 0 Å². The molecule has 1 saturated heterocycles. The van der Waals surface area contributed by atoms with Crippen LogP contribution in [0.15, 0.2) is 49.9 Å². The summed E-state index contributed by atoms with van der Waals surface area (Å²) in [5, 5.41) is 27.8. The zero-order valence-corrected chi connectivity index (χ0v) is 18.0. The first-order chi connectivity index (χ1) is 14.1. The monoisotopic (exact) mass is 502 g/mol. The van der Waals surface area contributed by atoms with E-state index in [0.717, 1.165) is 11.8 Å². The number of ether oxygens (including phenoxy) is 1. The van der Waals surface area contributed by atoms with Crippen molar-refractivity contribution in [1.29, 1.82) is 0 Å². The second-order valence-electron chi connectivity index (χ2n) is 6.73. The minimum Gasteiger partial charge on any atom is -0.394 e. The molecule has 2 heterocycles. The Labute approximate surface area is 179 Å². The predicted octanol–water partition coefficient (Wildman–Crippen LogP) is -0.592. The number of rotatable bonds is 5. The van der Waals surface area contributed by atoms with Crippen molar-refractivity contribution in [3.63, 3.8) is 0 Å². The van der Waals surface area contributed by atoms with Crippen molar-refractivity contribution in [2.75, 3.05) is 6.61 Å². The van der Waals surface area contributed by atoms with Gasteiger partial charge in [-0.3, -0.25) is 14.3 Å². The Balaban J connectivity index is 2.39. The number of nitrogens with zero attached hydrogens (tertiary/aromatic N) is 1. The fourth-order valence-corrected chi connectivity index (χ4v) is 5.48. The van der Waals surface area contributed by atoms with E-state index in [4.69, 9.17) is 4.74 Å². The lowest BCUT2D eigenvalue weighted by molar-refractivity contribution is -0.0887. The van der Waals surface area contributed by atoms with Crippen molar-refractivity contribution in [2.24, 2.45) is 0 Å². The molecule has 162 valence electrons. The molecule has 0 spiro atoms. The summed E-state index contributed by atoms with van der Waals surface area (Å²) < 4.78 is 33.3. The highest BCUT2D eigenvalue weighted by atomic mass is 79.9. The fraction of sp³-hybridized carbons (Fsp3) is 0.333. The Morgan fingerprint density at radius 3 is 2.43 bits per heavy atom. The zero-order chi connectivity index (χ0) is 22.3. The van der Waals surface area contributed by atoms with Gasteiger partial charge in [0.15, 0.2) is 0 Å². The Morgan fingerprint density at radius 2 is 1.90 bits per heavy atom. The lowest BCUT2D eigenvalue weighted by Crippen LogP contribution is -2.56. The smallest absolute Gasteiger partial charge is 0.331 e. The van der Waals surface area contributed by atoms with Crippen LogP contribution in [0, 0.1) is 6.92 Å². The highest BCUT2D eigenvalue weighted by Gasteiger charge is 2.64. The van der Waals surface area contributed by atoms with Crippen LogP contribution in [-0.4, -0.2) is 58.2 Å². The van der Waals surface area contributed by atoms with Crippen molar-refractivity contribution in [3.8, 4) is 0 Å². The van der Waals surface area contributed by atoms with E-state index in [1.807, 2.05) is 4.98 Å². The van der Waals surface area contributed by atoms with Gasteiger partial charge in [0.25, 0.3) is 10.6 Å². The van der Waals surface area contributed by atoms with E-state index in [2.05, 4.69) is 15.9 Å². The van der Waals surface area contributed by atoms with Crippen LogP contribution in [0.1, 0.15) is 11.1 Å². The zero-order valence-electron chi connectivity index (χ0n) is 15.6. The number of aromatic amines is 1. The minimum absolute atomic E-state index is 0.123. The molecule has 0 bridgehead atoms. The van der Waals surface area contributed by atoms with Gasteiger partial charge in [-0.25, -0.2) is 13.2 Å². The predicted molar refractivity (Wildman–Crippen MR) is 110 cm³/mol. The summed E-state index contributed by atoms with van der Waals surface area (Å²) in [4.78, 5) is 27.7. The average Bonchev–Trinajstić information content (AvgIpc) is 2.96. The first-order valence-electron chi connectivity index (χ1n) is 8.69. The number of hydrogen-bond donors (Lipinski definition) is 4. The number of aromatic nitrogens is 2. The number of sulfone groups is 1. The Kier molecular flexibility index (Phi) is 6.18. The number of nitrogens with one attached hydrogen (secondary N) is 1. The lowest BCUT2D eigenvalue weighted by Gasteiger charge is -2.33. The van der Waals surface area contributed by atoms with Crippen LogP contribution < -0.4 is 11.2 Å². The summed E-state index contributed by atoms with van der Waals surface area (Å²) in [7, 11) is -4.70. The van der Waals surface area contributed by atoms with Crippen LogP contribution in [-0.2, 0) is 19.6 Å². The molecule has 12 heteroatoms. The van der Waals surface area contributed by atoms with E-state index < -0.39 is 51.1 Å². The van der Waals surface area contributed by atoms with Gasteiger partial charge in [0, 0.05) is 6.20 Å². The lowest BCUT2D eigenvalue weighted by atomic mass is 10.1. The largest absolute Gasteiger partial charge is 0.394 e. The Hall–Kier alpha value is -2.09. The first-order valence-corrected chi connectivity index (χ1v) is 11.1. The van der Waals surface area contributed by atoms with Crippen molar-refractivity contribution in [3.05, 3.63) is 67.4 Å². The molecule has 0 radical (unpaired) electrons. The standard InChI is InChI=1S/C18H19BrN2O8S/c1-10-2-4-12(5-3-10)30(27,28)18(15(24)14(23)13(9-22)29-18)21-8-11(6-7-19)16(25)20-17(21)26/h2-8,13-15,22-24H,9H2,1H3,(H,20,25,26)/b7-6+/t13-,14-,15-,18+/m1/s1.